The monoisotopic (exact) mass is 318 g/mol. The van der Waals surface area contributed by atoms with Crippen LogP contribution in [0.1, 0.15) is 40.0 Å². The largest absolute Gasteiger partial charge is 0.619 e. The van der Waals surface area contributed by atoms with E-state index < -0.39 is 21.5 Å². The van der Waals surface area contributed by atoms with E-state index in [0.29, 0.717) is 26.1 Å². The van der Waals surface area contributed by atoms with Crippen molar-refractivity contribution in [3.05, 3.63) is 12.2 Å². The number of carbonyl (C=O) groups is 3. The summed E-state index contributed by atoms with van der Waals surface area (Å²) in [6.45, 7) is 4.86. The molecule has 0 aromatic carbocycles. The molecule has 0 aliphatic rings. The fourth-order valence-electron chi connectivity index (χ4n) is 1.28. The third kappa shape index (κ3) is 13.1. The summed E-state index contributed by atoms with van der Waals surface area (Å²) < 4.78 is 19.8. The number of hydrogen-bond donors (Lipinski definition) is 0. The molecule has 0 rings (SSSR count). The molecule has 0 atom stereocenters. The molecule has 21 heavy (non-hydrogen) atoms. The zero-order valence-electron chi connectivity index (χ0n) is 12.6. The molecule has 120 valence electrons. The molecule has 0 N–H and O–H groups in total. The van der Waals surface area contributed by atoms with Gasteiger partial charge in [0.25, 0.3) is 11.9 Å². The Hall–Kier alpha value is -1.67. The summed E-state index contributed by atoms with van der Waals surface area (Å²) in [7, 11) is -2.73. The molecule has 0 bridgehead atoms. The van der Waals surface area contributed by atoms with Crippen molar-refractivity contribution in [1.82, 2.24) is 0 Å². The average Bonchev–Trinajstić information content (AvgIpc) is 2.36. The highest BCUT2D eigenvalue weighted by molar-refractivity contribution is 6.41. The van der Waals surface area contributed by atoms with Gasteiger partial charge < -0.3 is 18.0 Å². The summed E-state index contributed by atoms with van der Waals surface area (Å²) in [5.74, 6) is -1.43. The molecular weight excluding hydrogens is 296 g/mol. The maximum absolute atomic E-state index is 11.0. The SMILES string of the molecule is CC=CC(=O)OCCCCCO[SiH](OC(C)=O)OC(C)=O. The maximum atomic E-state index is 11.0. The molecule has 0 saturated carbocycles. The Morgan fingerprint density at radius 1 is 0.952 bits per heavy atom. The molecule has 0 amide bonds. The van der Waals surface area contributed by atoms with Crippen LogP contribution in [0.25, 0.3) is 0 Å². The van der Waals surface area contributed by atoms with Crippen molar-refractivity contribution in [2.75, 3.05) is 13.2 Å². The van der Waals surface area contributed by atoms with E-state index >= 15 is 0 Å². The molecule has 0 radical (unpaired) electrons. The highest BCUT2D eigenvalue weighted by Crippen LogP contribution is 2.01. The van der Waals surface area contributed by atoms with Crippen LogP contribution in [-0.4, -0.2) is 40.6 Å². The van der Waals surface area contributed by atoms with Crippen LogP contribution in [0.15, 0.2) is 12.2 Å². The van der Waals surface area contributed by atoms with Gasteiger partial charge in [0.05, 0.1) is 6.61 Å². The Bertz CT molecular complexity index is 352. The van der Waals surface area contributed by atoms with Crippen LogP contribution in [0.2, 0.25) is 0 Å². The zero-order valence-corrected chi connectivity index (χ0v) is 13.8. The molecule has 7 nitrogen and oxygen atoms in total. The van der Waals surface area contributed by atoms with Crippen LogP contribution in [0.3, 0.4) is 0 Å². The predicted molar refractivity (Wildman–Crippen MR) is 76.3 cm³/mol. The molecule has 0 fully saturated rings. The standard InChI is InChI=1S/C13H22O7Si/c1-4-8-13(16)17-9-6-5-7-10-18-21(19-11(2)14)20-12(3)15/h4,8,21H,5-7,9-10H2,1-3H3. The lowest BCUT2D eigenvalue weighted by Crippen LogP contribution is -2.31. The summed E-state index contributed by atoms with van der Waals surface area (Å²) >= 11 is 0. The van der Waals surface area contributed by atoms with E-state index in [1.807, 2.05) is 0 Å². The van der Waals surface area contributed by atoms with Gasteiger partial charge >= 0.3 is 15.5 Å². The summed E-state index contributed by atoms with van der Waals surface area (Å²) in [4.78, 5) is 32.6. The van der Waals surface area contributed by atoms with Crippen LogP contribution in [0.4, 0.5) is 0 Å². The first-order valence-corrected chi connectivity index (χ1v) is 8.12. The lowest BCUT2D eigenvalue weighted by atomic mass is 10.2. The van der Waals surface area contributed by atoms with Gasteiger partial charge in [0.1, 0.15) is 0 Å². The van der Waals surface area contributed by atoms with Gasteiger partial charge in [-0.25, -0.2) is 4.79 Å². The second-order valence-corrected chi connectivity index (χ2v) is 5.49. The highest BCUT2D eigenvalue weighted by atomic mass is 28.3. The molecule has 0 heterocycles. The Morgan fingerprint density at radius 2 is 1.52 bits per heavy atom. The van der Waals surface area contributed by atoms with E-state index in [9.17, 15) is 14.4 Å². The fourth-order valence-corrected chi connectivity index (χ4v) is 2.37. The van der Waals surface area contributed by atoms with Crippen LogP contribution >= 0.6 is 0 Å². The molecular formula is C13H22O7Si. The molecule has 0 unspecified atom stereocenters. The van der Waals surface area contributed by atoms with Gasteiger partial charge in [-0.05, 0) is 26.2 Å². The molecule has 0 aromatic heterocycles. The minimum Gasteiger partial charge on any atom is -0.467 e. The second-order valence-electron chi connectivity index (χ2n) is 4.11. The van der Waals surface area contributed by atoms with Crippen LogP contribution in [0.5, 0.6) is 0 Å². The minimum absolute atomic E-state index is 0.320. The second kappa shape index (κ2) is 12.1. The first-order chi connectivity index (χ1) is 9.95. The van der Waals surface area contributed by atoms with Crippen molar-refractivity contribution >= 4 is 27.4 Å². The van der Waals surface area contributed by atoms with Gasteiger partial charge in [0.15, 0.2) is 0 Å². The fraction of sp³-hybridized carbons (Fsp3) is 0.615. The number of allylic oxidation sites excluding steroid dienone is 1. The van der Waals surface area contributed by atoms with Crippen molar-refractivity contribution in [3.63, 3.8) is 0 Å². The van der Waals surface area contributed by atoms with E-state index in [1.54, 1.807) is 13.0 Å². The zero-order chi connectivity index (χ0) is 16.1. The first-order valence-electron chi connectivity index (χ1n) is 6.71. The van der Waals surface area contributed by atoms with Gasteiger partial charge in [-0.1, -0.05) is 6.08 Å². The van der Waals surface area contributed by atoms with Crippen molar-refractivity contribution in [1.29, 1.82) is 0 Å². The average molecular weight is 318 g/mol. The Morgan fingerprint density at radius 3 is 2.05 bits per heavy atom. The number of esters is 1. The van der Waals surface area contributed by atoms with E-state index in [4.69, 9.17) is 18.0 Å². The van der Waals surface area contributed by atoms with Crippen molar-refractivity contribution in [3.8, 4) is 0 Å². The van der Waals surface area contributed by atoms with Gasteiger partial charge in [0, 0.05) is 26.5 Å². The Labute approximate surface area is 126 Å². The quantitative estimate of drug-likeness (QED) is 0.258. The molecule has 8 heteroatoms. The normalized spacial score (nSPS) is 10.7. The van der Waals surface area contributed by atoms with Crippen LogP contribution in [0, 0.1) is 0 Å². The first kappa shape index (κ1) is 19.3. The molecule has 0 saturated heterocycles. The van der Waals surface area contributed by atoms with Gasteiger partial charge in [-0.2, -0.15) is 0 Å². The summed E-state index contributed by atoms with van der Waals surface area (Å²) in [6.07, 6.45) is 5.15. The van der Waals surface area contributed by atoms with E-state index in [0.717, 1.165) is 6.42 Å². The van der Waals surface area contributed by atoms with Crippen molar-refractivity contribution < 1.29 is 32.4 Å². The lowest BCUT2D eigenvalue weighted by molar-refractivity contribution is -0.141. The highest BCUT2D eigenvalue weighted by Gasteiger charge is 2.21. The Balaban J connectivity index is 3.68. The molecule has 0 aromatic rings. The third-order valence-corrected chi connectivity index (χ3v) is 3.67. The van der Waals surface area contributed by atoms with E-state index in [1.165, 1.54) is 19.9 Å². The maximum Gasteiger partial charge on any atom is 0.619 e. The number of carbonyl (C=O) groups excluding carboxylic acids is 3. The van der Waals surface area contributed by atoms with Gasteiger partial charge in [-0.3, -0.25) is 9.59 Å². The van der Waals surface area contributed by atoms with Gasteiger partial charge in [0.2, 0.25) is 0 Å². The molecule has 0 aliphatic heterocycles. The predicted octanol–water partition coefficient (Wildman–Crippen LogP) is 1.14. The topological polar surface area (TPSA) is 88.1 Å². The van der Waals surface area contributed by atoms with Crippen LogP contribution in [-0.2, 0) is 32.4 Å². The van der Waals surface area contributed by atoms with E-state index in [2.05, 4.69) is 0 Å². The lowest BCUT2D eigenvalue weighted by Gasteiger charge is -2.14. The summed E-state index contributed by atoms with van der Waals surface area (Å²) in [5.41, 5.74) is 0. The van der Waals surface area contributed by atoms with Crippen molar-refractivity contribution in [2.45, 2.75) is 40.0 Å². The third-order valence-electron chi connectivity index (χ3n) is 2.11. The smallest absolute Gasteiger partial charge is 0.467 e. The van der Waals surface area contributed by atoms with E-state index in [-0.39, 0.29) is 5.97 Å². The van der Waals surface area contributed by atoms with Crippen molar-refractivity contribution in [2.24, 2.45) is 0 Å². The Kier molecular flexibility index (Phi) is 11.1. The molecule has 0 spiro atoms. The number of rotatable bonds is 10. The molecule has 0 aliphatic carbocycles. The summed E-state index contributed by atoms with van der Waals surface area (Å²) in [6, 6.07) is 0. The number of ether oxygens (including phenoxy) is 1. The van der Waals surface area contributed by atoms with Crippen LogP contribution < -0.4 is 0 Å². The summed E-state index contributed by atoms with van der Waals surface area (Å²) in [5, 5.41) is 0. The van der Waals surface area contributed by atoms with Gasteiger partial charge in [-0.15, -0.1) is 0 Å². The number of hydrogen-bond acceptors (Lipinski definition) is 7. The minimum atomic E-state index is -2.73. The number of unbranched alkanes of at least 4 members (excludes halogenated alkanes) is 2.